The van der Waals surface area contributed by atoms with Crippen molar-refractivity contribution in [2.24, 2.45) is 0 Å². The Bertz CT molecular complexity index is 311. The minimum absolute atomic E-state index is 0.0214. The summed E-state index contributed by atoms with van der Waals surface area (Å²) >= 11 is 3.29. The fraction of sp³-hybridized carbons (Fsp3) is 0.556. The molecule has 0 radical (unpaired) electrons. The maximum atomic E-state index is 11.4. The van der Waals surface area contributed by atoms with Crippen molar-refractivity contribution >= 4 is 21.8 Å². The molecule has 0 aliphatic carbocycles. The van der Waals surface area contributed by atoms with E-state index in [2.05, 4.69) is 31.4 Å². The van der Waals surface area contributed by atoms with Gasteiger partial charge in [0.25, 0.3) is 0 Å². The van der Waals surface area contributed by atoms with Crippen LogP contribution in [-0.2, 0) is 11.3 Å². The van der Waals surface area contributed by atoms with Gasteiger partial charge in [0.05, 0.1) is 11.0 Å². The molecule has 2 N–H and O–H groups in total. The highest BCUT2D eigenvalue weighted by molar-refractivity contribution is 9.10. The Morgan fingerprint density at radius 3 is 3.00 bits per heavy atom. The summed E-state index contributed by atoms with van der Waals surface area (Å²) in [5.74, 6) is 0.0214. The number of hydrogen-bond acceptors (Lipinski definition) is 2. The van der Waals surface area contributed by atoms with Gasteiger partial charge in [-0.05, 0) is 13.3 Å². The topological polar surface area (TPSA) is 57.8 Å². The van der Waals surface area contributed by atoms with E-state index < -0.39 is 0 Å². The molecule has 0 aliphatic rings. The Balaban J connectivity index is 2.41. The van der Waals surface area contributed by atoms with E-state index in [0.29, 0.717) is 6.54 Å². The summed E-state index contributed by atoms with van der Waals surface area (Å²) in [5.41, 5.74) is 2.02. The minimum atomic E-state index is -0.102. The van der Waals surface area contributed by atoms with Gasteiger partial charge in [-0.25, -0.2) is 0 Å². The van der Waals surface area contributed by atoms with Crippen LogP contribution >= 0.6 is 15.9 Å². The Morgan fingerprint density at radius 1 is 1.79 bits per heavy atom. The summed E-state index contributed by atoms with van der Waals surface area (Å²) in [7, 11) is 0. The molecule has 0 spiro atoms. The third-order valence-electron chi connectivity index (χ3n) is 2.03. The first-order chi connectivity index (χ1) is 6.65. The van der Waals surface area contributed by atoms with E-state index in [9.17, 15) is 4.79 Å². The standard InChI is InChI=1S/C9H14BrN3O/c1-3-8(10)9(14)11-4-7-5-12-13-6(7)2/h5,8H,3-4H2,1-2H3,(H,11,14)(H,12,13). The predicted molar refractivity (Wildman–Crippen MR) is 58.2 cm³/mol. The number of carbonyl (C=O) groups is 1. The monoisotopic (exact) mass is 259 g/mol. The molecular formula is C9H14BrN3O. The molecule has 0 aliphatic heterocycles. The lowest BCUT2D eigenvalue weighted by atomic mass is 10.2. The van der Waals surface area contributed by atoms with E-state index in [1.165, 1.54) is 0 Å². The summed E-state index contributed by atoms with van der Waals surface area (Å²) in [4.78, 5) is 11.3. The molecule has 1 heterocycles. The quantitative estimate of drug-likeness (QED) is 0.806. The van der Waals surface area contributed by atoms with Gasteiger partial charge in [0.1, 0.15) is 0 Å². The number of rotatable bonds is 4. The highest BCUT2D eigenvalue weighted by Crippen LogP contribution is 2.06. The molecule has 1 rings (SSSR count). The van der Waals surface area contributed by atoms with Gasteiger partial charge in [-0.15, -0.1) is 0 Å². The number of H-pyrrole nitrogens is 1. The van der Waals surface area contributed by atoms with Crippen molar-refractivity contribution in [3.05, 3.63) is 17.5 Å². The van der Waals surface area contributed by atoms with Gasteiger partial charge < -0.3 is 5.32 Å². The van der Waals surface area contributed by atoms with Gasteiger partial charge in [0.2, 0.25) is 5.91 Å². The van der Waals surface area contributed by atoms with Crippen LogP contribution in [0.1, 0.15) is 24.6 Å². The predicted octanol–water partition coefficient (Wildman–Crippen LogP) is 1.51. The average molecular weight is 260 g/mol. The number of amides is 1. The number of aromatic amines is 1. The van der Waals surface area contributed by atoms with E-state index in [4.69, 9.17) is 0 Å². The fourth-order valence-electron chi connectivity index (χ4n) is 1.03. The van der Waals surface area contributed by atoms with Gasteiger partial charge in [-0.1, -0.05) is 22.9 Å². The van der Waals surface area contributed by atoms with Gasteiger partial charge in [0, 0.05) is 17.8 Å². The van der Waals surface area contributed by atoms with Crippen LogP contribution in [0.15, 0.2) is 6.20 Å². The van der Waals surface area contributed by atoms with E-state index in [1.807, 2.05) is 13.8 Å². The zero-order valence-corrected chi connectivity index (χ0v) is 9.89. The first kappa shape index (κ1) is 11.2. The molecule has 1 unspecified atom stereocenters. The van der Waals surface area contributed by atoms with Crippen LogP contribution in [-0.4, -0.2) is 20.9 Å². The van der Waals surface area contributed by atoms with Gasteiger partial charge >= 0.3 is 0 Å². The lowest BCUT2D eigenvalue weighted by Gasteiger charge is -2.07. The van der Waals surface area contributed by atoms with E-state index in [-0.39, 0.29) is 10.7 Å². The second-order valence-corrected chi connectivity index (χ2v) is 4.22. The third-order valence-corrected chi connectivity index (χ3v) is 3.09. The molecule has 4 nitrogen and oxygen atoms in total. The number of carbonyl (C=O) groups excluding carboxylic acids is 1. The number of aryl methyl sites for hydroxylation is 1. The molecule has 0 bridgehead atoms. The number of alkyl halides is 1. The Kier molecular flexibility index (Phi) is 4.13. The third kappa shape index (κ3) is 2.83. The van der Waals surface area contributed by atoms with Crippen molar-refractivity contribution in [3.8, 4) is 0 Å². The number of nitrogens with zero attached hydrogens (tertiary/aromatic N) is 1. The minimum Gasteiger partial charge on any atom is -0.351 e. The molecule has 1 aromatic rings. The van der Waals surface area contributed by atoms with E-state index in [1.54, 1.807) is 6.20 Å². The van der Waals surface area contributed by atoms with Crippen LogP contribution in [0.25, 0.3) is 0 Å². The van der Waals surface area contributed by atoms with Gasteiger partial charge in [-0.3, -0.25) is 9.89 Å². The SMILES string of the molecule is CCC(Br)C(=O)NCc1cn[nH]c1C. The number of hydrogen-bond donors (Lipinski definition) is 2. The lowest BCUT2D eigenvalue weighted by molar-refractivity contribution is -0.120. The highest BCUT2D eigenvalue weighted by atomic mass is 79.9. The molecule has 1 aromatic heterocycles. The smallest absolute Gasteiger partial charge is 0.234 e. The van der Waals surface area contributed by atoms with Crippen LogP contribution in [0, 0.1) is 6.92 Å². The first-order valence-corrected chi connectivity index (χ1v) is 5.47. The van der Waals surface area contributed by atoms with Crippen LogP contribution in [0.2, 0.25) is 0 Å². The number of nitrogens with one attached hydrogen (secondary N) is 2. The maximum Gasteiger partial charge on any atom is 0.234 e. The van der Waals surface area contributed by atoms with Gasteiger partial charge in [0.15, 0.2) is 0 Å². The van der Waals surface area contributed by atoms with E-state index in [0.717, 1.165) is 17.7 Å². The molecule has 1 amide bonds. The average Bonchev–Trinajstić information content (AvgIpc) is 2.59. The molecule has 0 saturated carbocycles. The van der Waals surface area contributed by atoms with Crippen LogP contribution in [0.4, 0.5) is 0 Å². The second kappa shape index (κ2) is 5.14. The lowest BCUT2D eigenvalue weighted by Crippen LogP contribution is -2.30. The molecule has 5 heteroatoms. The maximum absolute atomic E-state index is 11.4. The van der Waals surface area contributed by atoms with Gasteiger partial charge in [-0.2, -0.15) is 5.10 Å². The molecular weight excluding hydrogens is 246 g/mol. The van der Waals surface area contributed by atoms with E-state index >= 15 is 0 Å². The van der Waals surface area contributed by atoms with Crippen molar-refractivity contribution in [2.45, 2.75) is 31.6 Å². The Morgan fingerprint density at radius 2 is 2.50 bits per heavy atom. The van der Waals surface area contributed by atoms with Crippen molar-refractivity contribution in [1.29, 1.82) is 0 Å². The molecule has 0 saturated heterocycles. The summed E-state index contributed by atoms with van der Waals surface area (Å²) in [6.07, 6.45) is 2.51. The second-order valence-electron chi connectivity index (χ2n) is 3.11. The van der Waals surface area contributed by atoms with Crippen molar-refractivity contribution in [2.75, 3.05) is 0 Å². The van der Waals surface area contributed by atoms with Crippen molar-refractivity contribution < 1.29 is 4.79 Å². The van der Waals surface area contributed by atoms with Crippen molar-refractivity contribution in [3.63, 3.8) is 0 Å². The first-order valence-electron chi connectivity index (χ1n) is 4.55. The van der Waals surface area contributed by atoms with Crippen LogP contribution < -0.4 is 5.32 Å². The molecule has 1 atom stereocenters. The zero-order valence-electron chi connectivity index (χ0n) is 8.30. The summed E-state index contributed by atoms with van der Waals surface area (Å²) < 4.78 is 0. The highest BCUT2D eigenvalue weighted by Gasteiger charge is 2.11. The normalized spacial score (nSPS) is 12.5. The Labute approximate surface area is 91.6 Å². The molecule has 14 heavy (non-hydrogen) atoms. The Hall–Kier alpha value is -0.840. The van der Waals surface area contributed by atoms with Crippen LogP contribution in [0.5, 0.6) is 0 Å². The molecule has 0 aromatic carbocycles. The molecule has 0 fully saturated rings. The summed E-state index contributed by atoms with van der Waals surface area (Å²) in [6, 6.07) is 0. The molecule has 78 valence electrons. The van der Waals surface area contributed by atoms with Crippen molar-refractivity contribution in [1.82, 2.24) is 15.5 Å². The number of halogens is 1. The fourth-order valence-corrected chi connectivity index (χ4v) is 1.19. The zero-order chi connectivity index (χ0) is 10.6. The largest absolute Gasteiger partial charge is 0.351 e. The summed E-state index contributed by atoms with van der Waals surface area (Å²) in [5, 5.41) is 9.53. The summed E-state index contributed by atoms with van der Waals surface area (Å²) in [6.45, 7) is 4.42. The van der Waals surface area contributed by atoms with Crippen LogP contribution in [0.3, 0.4) is 0 Å². The number of aromatic nitrogens is 2.